The van der Waals surface area contributed by atoms with Crippen molar-refractivity contribution in [3.8, 4) is 11.3 Å². The van der Waals surface area contributed by atoms with E-state index in [4.69, 9.17) is 4.42 Å². The lowest BCUT2D eigenvalue weighted by Gasteiger charge is -2.04. The van der Waals surface area contributed by atoms with Gasteiger partial charge in [0.1, 0.15) is 11.5 Å². The van der Waals surface area contributed by atoms with Crippen LogP contribution in [-0.4, -0.2) is 35.0 Å². The summed E-state index contributed by atoms with van der Waals surface area (Å²) in [7, 11) is 3.31. The highest BCUT2D eigenvalue weighted by molar-refractivity contribution is 8.18. The van der Waals surface area contributed by atoms with Gasteiger partial charge < -0.3 is 4.42 Å². The number of amides is 1. The predicted molar refractivity (Wildman–Crippen MR) is 97.2 cm³/mol. The predicted octanol–water partition coefficient (Wildman–Crippen LogP) is 3.70. The lowest BCUT2D eigenvalue weighted by Crippen LogP contribution is -2.23. The molecule has 0 aliphatic carbocycles. The van der Waals surface area contributed by atoms with Crippen molar-refractivity contribution < 1.29 is 14.1 Å². The third-order valence-corrected chi connectivity index (χ3v) is 4.93. The second-order valence-corrected chi connectivity index (χ2v) is 6.45. The maximum Gasteiger partial charge on any atom is 0.269 e. The number of non-ortho nitro benzene ring substituents is 1. The number of carbonyl (C=O) groups excluding carboxylic acids is 1. The van der Waals surface area contributed by atoms with Crippen molar-refractivity contribution >= 4 is 34.6 Å². The van der Waals surface area contributed by atoms with Crippen LogP contribution in [0.4, 0.5) is 5.69 Å². The smallest absolute Gasteiger partial charge is 0.269 e. The molecule has 128 valence electrons. The molecule has 2 aromatic rings. The SMILES string of the molecule is CN=C1S/C(=C\c2ccc(-c3ccc([N+](=O)[O-])cc3C)o2)C(=O)N1C. The molecule has 0 atom stereocenters. The molecule has 8 heteroatoms. The van der Waals surface area contributed by atoms with Gasteiger partial charge in [-0.3, -0.25) is 24.8 Å². The molecule has 0 bridgehead atoms. The maximum atomic E-state index is 12.2. The Hall–Kier alpha value is -2.87. The number of likely N-dealkylation sites (N-methyl/N-ethyl adjacent to an activating group) is 1. The molecule has 1 aromatic carbocycles. The van der Waals surface area contributed by atoms with Crippen molar-refractivity contribution in [2.24, 2.45) is 4.99 Å². The molecule has 0 N–H and O–H groups in total. The Morgan fingerprint density at radius 2 is 2.08 bits per heavy atom. The minimum atomic E-state index is -0.430. The van der Waals surface area contributed by atoms with Crippen LogP contribution in [0.2, 0.25) is 0 Å². The number of amidine groups is 1. The molecule has 1 aromatic heterocycles. The monoisotopic (exact) mass is 357 g/mol. The third kappa shape index (κ3) is 3.20. The number of nitro groups is 1. The van der Waals surface area contributed by atoms with Gasteiger partial charge in [-0.15, -0.1) is 0 Å². The van der Waals surface area contributed by atoms with Crippen molar-refractivity contribution in [3.05, 3.63) is 56.7 Å². The van der Waals surface area contributed by atoms with E-state index in [1.165, 1.54) is 28.8 Å². The van der Waals surface area contributed by atoms with E-state index in [0.717, 1.165) is 11.1 Å². The Balaban J connectivity index is 1.90. The Morgan fingerprint density at radius 1 is 1.32 bits per heavy atom. The van der Waals surface area contributed by atoms with E-state index in [-0.39, 0.29) is 11.6 Å². The van der Waals surface area contributed by atoms with Gasteiger partial charge in [-0.1, -0.05) is 0 Å². The molecule has 0 saturated carbocycles. The number of thioether (sulfide) groups is 1. The van der Waals surface area contributed by atoms with Crippen LogP contribution < -0.4 is 0 Å². The van der Waals surface area contributed by atoms with Gasteiger partial charge in [-0.05, 0) is 42.4 Å². The summed E-state index contributed by atoms with van der Waals surface area (Å²) in [6.45, 7) is 1.79. The molecule has 7 nitrogen and oxygen atoms in total. The number of nitro benzene ring substituents is 1. The van der Waals surface area contributed by atoms with Crippen LogP contribution in [-0.2, 0) is 4.79 Å². The van der Waals surface area contributed by atoms with Gasteiger partial charge in [0.25, 0.3) is 11.6 Å². The number of hydrogen-bond acceptors (Lipinski definition) is 6. The van der Waals surface area contributed by atoms with Crippen molar-refractivity contribution in [3.63, 3.8) is 0 Å². The van der Waals surface area contributed by atoms with Gasteiger partial charge in [0.05, 0.1) is 9.83 Å². The van der Waals surface area contributed by atoms with Gasteiger partial charge in [-0.25, -0.2) is 0 Å². The average molecular weight is 357 g/mol. The first kappa shape index (κ1) is 17.0. The Labute approximate surface area is 148 Å². The van der Waals surface area contributed by atoms with Crippen LogP contribution in [0.5, 0.6) is 0 Å². The van der Waals surface area contributed by atoms with E-state index < -0.39 is 4.92 Å². The second kappa shape index (κ2) is 6.56. The Bertz CT molecular complexity index is 930. The molecule has 1 fully saturated rings. The zero-order valence-corrected chi connectivity index (χ0v) is 14.7. The first-order valence-corrected chi connectivity index (χ1v) is 8.22. The van der Waals surface area contributed by atoms with E-state index in [1.807, 2.05) is 0 Å². The molecule has 1 aliphatic rings. The number of furan rings is 1. The standard InChI is InChI=1S/C17H15N3O4S/c1-10-8-11(20(22)23)4-6-13(10)14-7-5-12(24-14)9-15-16(21)19(3)17(18-2)25-15/h4-9H,1-3H3/b15-9-,18-17?. The second-order valence-electron chi connectivity index (χ2n) is 5.44. The molecule has 2 heterocycles. The van der Waals surface area contributed by atoms with E-state index in [9.17, 15) is 14.9 Å². The summed E-state index contributed by atoms with van der Waals surface area (Å²) in [5, 5.41) is 11.5. The summed E-state index contributed by atoms with van der Waals surface area (Å²) in [5.41, 5.74) is 1.56. The Kier molecular flexibility index (Phi) is 4.45. The number of nitrogens with zero attached hydrogens (tertiary/aromatic N) is 3. The summed E-state index contributed by atoms with van der Waals surface area (Å²) in [4.78, 5) is 28.6. The number of rotatable bonds is 3. The minimum Gasteiger partial charge on any atom is -0.457 e. The van der Waals surface area contributed by atoms with Crippen molar-refractivity contribution in [2.75, 3.05) is 14.1 Å². The summed E-state index contributed by atoms with van der Waals surface area (Å²) in [6, 6.07) is 8.15. The minimum absolute atomic E-state index is 0.0394. The van der Waals surface area contributed by atoms with E-state index in [1.54, 1.807) is 45.3 Å². The average Bonchev–Trinajstić information content (AvgIpc) is 3.15. The van der Waals surface area contributed by atoms with Gasteiger partial charge in [-0.2, -0.15) is 0 Å². The van der Waals surface area contributed by atoms with E-state index in [0.29, 0.717) is 21.6 Å². The normalized spacial score (nSPS) is 17.7. The summed E-state index contributed by atoms with van der Waals surface area (Å²) < 4.78 is 5.80. The van der Waals surface area contributed by atoms with Gasteiger partial charge in [0.15, 0.2) is 5.17 Å². The largest absolute Gasteiger partial charge is 0.457 e. The van der Waals surface area contributed by atoms with E-state index >= 15 is 0 Å². The number of benzene rings is 1. The molecule has 25 heavy (non-hydrogen) atoms. The van der Waals surface area contributed by atoms with Crippen LogP contribution in [0.25, 0.3) is 17.4 Å². The number of aryl methyl sites for hydroxylation is 1. The first-order chi connectivity index (χ1) is 11.9. The van der Waals surface area contributed by atoms with E-state index in [2.05, 4.69) is 4.99 Å². The molecule has 1 saturated heterocycles. The zero-order valence-electron chi connectivity index (χ0n) is 13.8. The van der Waals surface area contributed by atoms with Crippen LogP contribution in [0.1, 0.15) is 11.3 Å². The Morgan fingerprint density at radius 3 is 2.68 bits per heavy atom. The van der Waals surface area contributed by atoms with Crippen molar-refractivity contribution in [1.82, 2.24) is 4.90 Å². The molecular formula is C17H15N3O4S. The van der Waals surface area contributed by atoms with Crippen LogP contribution in [0.15, 0.2) is 44.6 Å². The van der Waals surface area contributed by atoms with Crippen LogP contribution in [0, 0.1) is 17.0 Å². The summed E-state index contributed by atoms with van der Waals surface area (Å²) in [6.07, 6.45) is 1.67. The molecule has 0 unspecified atom stereocenters. The molecule has 0 spiro atoms. The third-order valence-electron chi connectivity index (χ3n) is 3.78. The first-order valence-electron chi connectivity index (χ1n) is 7.40. The zero-order chi connectivity index (χ0) is 18.1. The van der Waals surface area contributed by atoms with Gasteiger partial charge in [0, 0.05) is 37.9 Å². The van der Waals surface area contributed by atoms with Crippen LogP contribution in [0.3, 0.4) is 0 Å². The summed E-state index contributed by atoms with van der Waals surface area (Å²) in [5.74, 6) is 0.997. The molecule has 1 amide bonds. The highest BCUT2D eigenvalue weighted by Gasteiger charge is 2.30. The molecule has 0 radical (unpaired) electrons. The fourth-order valence-electron chi connectivity index (χ4n) is 2.49. The highest BCUT2D eigenvalue weighted by Crippen LogP contribution is 2.33. The summed E-state index contributed by atoms with van der Waals surface area (Å²) >= 11 is 1.29. The highest BCUT2D eigenvalue weighted by atomic mass is 32.2. The number of hydrogen-bond donors (Lipinski definition) is 0. The molecular weight excluding hydrogens is 342 g/mol. The topological polar surface area (TPSA) is 89.0 Å². The number of aliphatic imine (C=N–C) groups is 1. The fraction of sp³-hybridized carbons (Fsp3) is 0.176. The lowest BCUT2D eigenvalue weighted by molar-refractivity contribution is -0.384. The van der Waals surface area contributed by atoms with Crippen molar-refractivity contribution in [1.29, 1.82) is 0 Å². The van der Waals surface area contributed by atoms with Crippen LogP contribution >= 0.6 is 11.8 Å². The molecule has 3 rings (SSSR count). The lowest BCUT2D eigenvalue weighted by atomic mass is 10.1. The maximum absolute atomic E-state index is 12.2. The number of carbonyl (C=O) groups is 1. The van der Waals surface area contributed by atoms with Gasteiger partial charge in [0.2, 0.25) is 0 Å². The van der Waals surface area contributed by atoms with Crippen molar-refractivity contribution in [2.45, 2.75) is 6.92 Å². The van der Waals surface area contributed by atoms with Gasteiger partial charge >= 0.3 is 0 Å². The quantitative estimate of drug-likeness (QED) is 0.475. The molecule has 1 aliphatic heterocycles. The fourth-order valence-corrected chi connectivity index (χ4v) is 3.40.